The number of carbonyl (C=O) groups is 2. The fraction of sp³-hybridized carbons (Fsp3) is 0.714. The van der Waals surface area contributed by atoms with Crippen LogP contribution in [0.2, 0.25) is 0 Å². The Labute approximate surface area is 167 Å². The Morgan fingerprint density at radius 1 is 1.11 bits per heavy atom. The number of hydrogen-bond donors (Lipinski definition) is 0. The number of carbonyl (C=O) groups excluding carboxylic acids is 2. The second-order valence-electron chi connectivity index (χ2n) is 8.35. The first-order valence-corrected chi connectivity index (χ1v) is 10.7. The van der Waals surface area contributed by atoms with Crippen molar-refractivity contribution in [1.29, 1.82) is 0 Å². The Morgan fingerprint density at radius 3 is 2.64 bits per heavy atom. The lowest BCUT2D eigenvalue weighted by Gasteiger charge is -2.36. The van der Waals surface area contributed by atoms with Crippen LogP contribution in [0, 0.1) is 0 Å². The van der Waals surface area contributed by atoms with Gasteiger partial charge in [0, 0.05) is 44.7 Å². The number of likely N-dealkylation sites (tertiary alicyclic amines) is 2. The van der Waals surface area contributed by atoms with Crippen LogP contribution in [0.1, 0.15) is 69.1 Å². The summed E-state index contributed by atoms with van der Waals surface area (Å²) in [6.07, 6.45) is 8.22. The minimum absolute atomic E-state index is 0.00147. The van der Waals surface area contributed by atoms with E-state index in [1.165, 1.54) is 19.3 Å². The second kappa shape index (κ2) is 8.15. The van der Waals surface area contributed by atoms with Gasteiger partial charge in [-0.25, -0.2) is 9.97 Å². The number of amides is 2. The predicted octanol–water partition coefficient (Wildman–Crippen LogP) is 1.92. The summed E-state index contributed by atoms with van der Waals surface area (Å²) < 4.78 is 0. The quantitative estimate of drug-likeness (QED) is 0.795. The first-order chi connectivity index (χ1) is 13.5. The van der Waals surface area contributed by atoms with Crippen molar-refractivity contribution in [1.82, 2.24) is 24.7 Å². The van der Waals surface area contributed by atoms with E-state index < -0.39 is 0 Å². The number of rotatable bonds is 3. The van der Waals surface area contributed by atoms with E-state index in [0.717, 1.165) is 56.0 Å². The van der Waals surface area contributed by atoms with E-state index in [0.29, 0.717) is 13.1 Å². The average Bonchev–Trinajstić information content (AvgIpc) is 3.23. The van der Waals surface area contributed by atoms with Gasteiger partial charge >= 0.3 is 0 Å². The van der Waals surface area contributed by atoms with Gasteiger partial charge in [-0.1, -0.05) is 6.42 Å². The van der Waals surface area contributed by atoms with E-state index >= 15 is 0 Å². The number of fused-ring (bicyclic) bond motifs is 1. The molecule has 1 aromatic rings. The molecule has 152 valence electrons. The minimum atomic E-state index is -0.0512. The van der Waals surface area contributed by atoms with E-state index in [-0.39, 0.29) is 23.9 Å². The maximum atomic E-state index is 13.0. The fourth-order valence-corrected chi connectivity index (χ4v) is 4.82. The normalized spacial score (nSPS) is 24.1. The summed E-state index contributed by atoms with van der Waals surface area (Å²) in [5, 5.41) is 0. The van der Waals surface area contributed by atoms with Gasteiger partial charge in [-0.3, -0.25) is 14.5 Å². The van der Waals surface area contributed by atoms with Gasteiger partial charge in [0.2, 0.25) is 11.8 Å². The van der Waals surface area contributed by atoms with Crippen LogP contribution in [0.4, 0.5) is 0 Å². The largest absolute Gasteiger partial charge is 0.336 e. The molecule has 4 rings (SSSR count). The zero-order valence-corrected chi connectivity index (χ0v) is 17.1. The summed E-state index contributed by atoms with van der Waals surface area (Å²) in [5.74, 6) is 1.07. The van der Waals surface area contributed by atoms with Crippen molar-refractivity contribution in [2.75, 3.05) is 26.2 Å². The smallest absolute Gasteiger partial charge is 0.239 e. The zero-order chi connectivity index (χ0) is 19.7. The average molecular weight is 386 g/mol. The molecular formula is C21H31N5O2. The van der Waals surface area contributed by atoms with Crippen molar-refractivity contribution in [3.63, 3.8) is 0 Å². The van der Waals surface area contributed by atoms with Crippen molar-refractivity contribution < 1.29 is 9.59 Å². The Balaban J connectivity index is 1.44. The lowest BCUT2D eigenvalue weighted by Crippen LogP contribution is -2.50. The van der Waals surface area contributed by atoms with Gasteiger partial charge in [0.15, 0.2) is 5.82 Å². The molecule has 2 atom stereocenters. The van der Waals surface area contributed by atoms with Crippen LogP contribution in [0.3, 0.4) is 0 Å². The minimum Gasteiger partial charge on any atom is -0.336 e. The highest BCUT2D eigenvalue weighted by molar-refractivity contribution is 5.81. The number of nitrogens with zero attached hydrogens (tertiary/aromatic N) is 5. The molecule has 4 heterocycles. The van der Waals surface area contributed by atoms with E-state index in [1.807, 2.05) is 22.9 Å². The molecule has 1 aromatic heterocycles. The van der Waals surface area contributed by atoms with Gasteiger partial charge in [-0.05, 0) is 45.7 Å². The topological polar surface area (TPSA) is 69.6 Å². The van der Waals surface area contributed by atoms with Crippen LogP contribution >= 0.6 is 0 Å². The summed E-state index contributed by atoms with van der Waals surface area (Å²) in [7, 11) is 0. The molecule has 0 bridgehead atoms. The molecule has 0 radical (unpaired) electrons. The SMILES string of the molecule is CC(=O)N1CCC[C@H]1c1ncc2c(n1)CCN(C(=O)[C@@H](C)N1CCCCC1)C2. The molecule has 2 fully saturated rings. The van der Waals surface area contributed by atoms with Crippen molar-refractivity contribution >= 4 is 11.8 Å². The molecule has 0 saturated carbocycles. The molecule has 7 nitrogen and oxygen atoms in total. The van der Waals surface area contributed by atoms with Gasteiger partial charge in [0.25, 0.3) is 0 Å². The Kier molecular flexibility index (Phi) is 5.62. The monoisotopic (exact) mass is 385 g/mol. The Bertz CT molecular complexity index is 746. The molecule has 3 aliphatic heterocycles. The summed E-state index contributed by atoms with van der Waals surface area (Å²) in [6.45, 7) is 7.80. The van der Waals surface area contributed by atoms with Crippen molar-refractivity contribution in [3.05, 3.63) is 23.3 Å². The first kappa shape index (κ1) is 19.3. The fourth-order valence-electron chi connectivity index (χ4n) is 4.82. The highest BCUT2D eigenvalue weighted by Crippen LogP contribution is 2.31. The molecular weight excluding hydrogens is 354 g/mol. The standard InChI is InChI=1S/C21H31N5O2/c1-15(24-9-4-3-5-10-24)21(28)25-12-8-18-17(14-25)13-22-20(23-18)19-7-6-11-26(19)16(2)27/h13,15,19H,3-12,14H2,1-2H3/t15-,19+/m1/s1. The van der Waals surface area contributed by atoms with Crippen molar-refractivity contribution in [2.24, 2.45) is 0 Å². The van der Waals surface area contributed by atoms with Gasteiger partial charge in [0.05, 0.1) is 17.8 Å². The Morgan fingerprint density at radius 2 is 1.89 bits per heavy atom. The third kappa shape index (κ3) is 3.77. The van der Waals surface area contributed by atoms with Gasteiger partial charge in [-0.15, -0.1) is 0 Å². The lowest BCUT2D eigenvalue weighted by molar-refractivity contribution is -0.137. The third-order valence-corrected chi connectivity index (χ3v) is 6.52. The summed E-state index contributed by atoms with van der Waals surface area (Å²) >= 11 is 0. The van der Waals surface area contributed by atoms with Crippen molar-refractivity contribution in [3.8, 4) is 0 Å². The number of hydrogen-bond acceptors (Lipinski definition) is 5. The highest BCUT2D eigenvalue weighted by Gasteiger charge is 2.33. The van der Waals surface area contributed by atoms with Gasteiger partial charge in [-0.2, -0.15) is 0 Å². The molecule has 7 heteroatoms. The Hall–Kier alpha value is -2.02. The molecule has 28 heavy (non-hydrogen) atoms. The maximum absolute atomic E-state index is 13.0. The molecule has 0 aromatic carbocycles. The summed E-state index contributed by atoms with van der Waals surface area (Å²) in [5.41, 5.74) is 2.08. The van der Waals surface area contributed by atoms with E-state index in [2.05, 4.69) is 9.88 Å². The number of aromatic nitrogens is 2. The van der Waals surface area contributed by atoms with E-state index in [1.54, 1.807) is 6.92 Å². The number of piperidine rings is 1. The molecule has 0 aliphatic carbocycles. The second-order valence-corrected chi connectivity index (χ2v) is 8.35. The van der Waals surface area contributed by atoms with E-state index in [9.17, 15) is 9.59 Å². The van der Waals surface area contributed by atoms with Crippen LogP contribution in [0.25, 0.3) is 0 Å². The summed E-state index contributed by atoms with van der Waals surface area (Å²) in [4.78, 5) is 40.4. The first-order valence-electron chi connectivity index (χ1n) is 10.7. The molecule has 2 amide bonds. The molecule has 0 spiro atoms. The lowest BCUT2D eigenvalue weighted by atomic mass is 10.0. The summed E-state index contributed by atoms with van der Waals surface area (Å²) in [6, 6.07) is -0.0498. The van der Waals surface area contributed by atoms with Gasteiger partial charge < -0.3 is 9.80 Å². The molecule has 0 unspecified atom stereocenters. The highest BCUT2D eigenvalue weighted by atomic mass is 16.2. The van der Waals surface area contributed by atoms with Crippen LogP contribution in [-0.4, -0.2) is 68.7 Å². The molecule has 3 aliphatic rings. The van der Waals surface area contributed by atoms with Crippen LogP contribution in [-0.2, 0) is 22.6 Å². The van der Waals surface area contributed by atoms with Crippen molar-refractivity contribution in [2.45, 2.75) is 71.0 Å². The van der Waals surface area contributed by atoms with E-state index in [4.69, 9.17) is 4.98 Å². The zero-order valence-electron chi connectivity index (χ0n) is 17.1. The third-order valence-electron chi connectivity index (χ3n) is 6.52. The predicted molar refractivity (Wildman–Crippen MR) is 105 cm³/mol. The van der Waals surface area contributed by atoms with Gasteiger partial charge in [0.1, 0.15) is 0 Å². The van der Waals surface area contributed by atoms with Crippen LogP contribution in [0.15, 0.2) is 6.20 Å². The van der Waals surface area contributed by atoms with Crippen LogP contribution < -0.4 is 0 Å². The van der Waals surface area contributed by atoms with Crippen LogP contribution in [0.5, 0.6) is 0 Å². The molecule has 2 saturated heterocycles. The maximum Gasteiger partial charge on any atom is 0.239 e. The molecule has 0 N–H and O–H groups in total.